The molecule has 0 aromatic carbocycles. The zero-order chi connectivity index (χ0) is 11.6. The standard InChI is InChI=1S/C7H7ClF2N2O2S/c8-3-4-1-5(7(9)10)12-6(2-4)15(11,13)14/h1-2,7H,3H2,(H2,11,13,14). The smallest absolute Gasteiger partial charge is 0.234 e. The van der Waals surface area contributed by atoms with E-state index < -0.39 is 27.2 Å². The van der Waals surface area contributed by atoms with Gasteiger partial charge in [0.15, 0.2) is 5.03 Å². The van der Waals surface area contributed by atoms with Gasteiger partial charge in [0.25, 0.3) is 16.4 Å². The van der Waals surface area contributed by atoms with Gasteiger partial charge in [-0.3, -0.25) is 0 Å². The summed E-state index contributed by atoms with van der Waals surface area (Å²) in [6, 6.07) is 2.10. The summed E-state index contributed by atoms with van der Waals surface area (Å²) >= 11 is 5.42. The van der Waals surface area contributed by atoms with Crippen molar-refractivity contribution in [1.29, 1.82) is 0 Å². The topological polar surface area (TPSA) is 73.1 Å². The third-order valence-corrected chi connectivity index (χ3v) is 2.65. The number of pyridine rings is 1. The van der Waals surface area contributed by atoms with E-state index in [-0.39, 0.29) is 11.4 Å². The Labute approximate surface area is 90.1 Å². The third kappa shape index (κ3) is 3.08. The first-order chi connectivity index (χ1) is 6.84. The van der Waals surface area contributed by atoms with E-state index >= 15 is 0 Å². The van der Waals surface area contributed by atoms with Crippen LogP contribution in [0.25, 0.3) is 0 Å². The fourth-order valence-electron chi connectivity index (χ4n) is 0.917. The van der Waals surface area contributed by atoms with Crippen molar-refractivity contribution in [3.8, 4) is 0 Å². The zero-order valence-electron chi connectivity index (χ0n) is 7.32. The van der Waals surface area contributed by atoms with Crippen molar-refractivity contribution < 1.29 is 17.2 Å². The van der Waals surface area contributed by atoms with E-state index in [1.807, 2.05) is 0 Å². The Morgan fingerprint density at radius 2 is 2.07 bits per heavy atom. The largest absolute Gasteiger partial charge is 0.280 e. The second kappa shape index (κ2) is 4.38. The van der Waals surface area contributed by atoms with Crippen LogP contribution in [-0.4, -0.2) is 13.4 Å². The van der Waals surface area contributed by atoms with Crippen LogP contribution in [0, 0.1) is 0 Å². The van der Waals surface area contributed by atoms with E-state index in [0.29, 0.717) is 0 Å². The summed E-state index contributed by atoms with van der Waals surface area (Å²) in [6.45, 7) is 0. The fourth-order valence-corrected chi connectivity index (χ4v) is 1.62. The number of aromatic nitrogens is 1. The van der Waals surface area contributed by atoms with Crippen LogP contribution in [0.2, 0.25) is 0 Å². The molecule has 1 aromatic heterocycles. The summed E-state index contributed by atoms with van der Waals surface area (Å²) in [4.78, 5) is 3.23. The van der Waals surface area contributed by atoms with Crippen molar-refractivity contribution in [1.82, 2.24) is 4.98 Å². The minimum absolute atomic E-state index is 0.0925. The molecular weight excluding hydrogens is 250 g/mol. The molecule has 2 N–H and O–H groups in total. The van der Waals surface area contributed by atoms with Gasteiger partial charge in [0.1, 0.15) is 5.69 Å². The molecule has 0 aliphatic carbocycles. The van der Waals surface area contributed by atoms with E-state index in [1.54, 1.807) is 0 Å². The van der Waals surface area contributed by atoms with Gasteiger partial charge in [0, 0.05) is 5.88 Å². The van der Waals surface area contributed by atoms with E-state index in [2.05, 4.69) is 4.98 Å². The van der Waals surface area contributed by atoms with Gasteiger partial charge in [-0.25, -0.2) is 27.3 Å². The Hall–Kier alpha value is -0.790. The van der Waals surface area contributed by atoms with Crippen LogP contribution in [0.15, 0.2) is 17.2 Å². The highest BCUT2D eigenvalue weighted by atomic mass is 35.5. The molecule has 84 valence electrons. The van der Waals surface area contributed by atoms with Crippen LogP contribution >= 0.6 is 11.6 Å². The molecule has 0 spiro atoms. The molecule has 15 heavy (non-hydrogen) atoms. The lowest BCUT2D eigenvalue weighted by molar-refractivity contribution is 0.145. The van der Waals surface area contributed by atoms with Crippen molar-refractivity contribution >= 4 is 21.6 Å². The summed E-state index contributed by atoms with van der Waals surface area (Å²) in [5.74, 6) is -0.0925. The summed E-state index contributed by atoms with van der Waals surface area (Å²) in [5.41, 5.74) is -0.428. The molecule has 1 heterocycles. The molecule has 0 atom stereocenters. The van der Waals surface area contributed by atoms with Gasteiger partial charge >= 0.3 is 0 Å². The normalized spacial score (nSPS) is 12.1. The summed E-state index contributed by atoms with van der Waals surface area (Å²) in [7, 11) is -4.09. The van der Waals surface area contributed by atoms with E-state index in [1.165, 1.54) is 0 Å². The first-order valence-electron chi connectivity index (χ1n) is 3.72. The first-order valence-corrected chi connectivity index (χ1v) is 5.80. The summed E-state index contributed by atoms with van der Waals surface area (Å²) in [6.07, 6.45) is -2.87. The monoisotopic (exact) mass is 256 g/mol. The van der Waals surface area contributed by atoms with Crippen LogP contribution in [0.5, 0.6) is 0 Å². The molecule has 0 amide bonds. The van der Waals surface area contributed by atoms with Gasteiger partial charge in [-0.05, 0) is 17.7 Å². The van der Waals surface area contributed by atoms with Gasteiger partial charge in [-0.15, -0.1) is 11.6 Å². The highest BCUT2D eigenvalue weighted by Crippen LogP contribution is 2.20. The Kier molecular flexibility index (Phi) is 3.58. The molecule has 0 aliphatic heterocycles. The number of nitrogens with two attached hydrogens (primary N) is 1. The zero-order valence-corrected chi connectivity index (χ0v) is 8.89. The van der Waals surface area contributed by atoms with E-state index in [4.69, 9.17) is 16.7 Å². The van der Waals surface area contributed by atoms with E-state index in [9.17, 15) is 17.2 Å². The molecule has 0 radical (unpaired) electrons. The van der Waals surface area contributed by atoms with Gasteiger partial charge in [-0.2, -0.15) is 0 Å². The van der Waals surface area contributed by atoms with Crippen molar-refractivity contribution in [2.75, 3.05) is 0 Å². The van der Waals surface area contributed by atoms with E-state index in [0.717, 1.165) is 12.1 Å². The lowest BCUT2D eigenvalue weighted by atomic mass is 10.2. The van der Waals surface area contributed by atoms with Gasteiger partial charge < -0.3 is 0 Å². The lowest BCUT2D eigenvalue weighted by Gasteiger charge is -2.04. The van der Waals surface area contributed by atoms with Gasteiger partial charge in [0.2, 0.25) is 0 Å². The number of primary sulfonamides is 1. The molecule has 0 fully saturated rings. The Balaban J connectivity index is 3.36. The maximum Gasteiger partial charge on any atom is 0.280 e. The molecule has 0 unspecified atom stereocenters. The SMILES string of the molecule is NS(=O)(=O)c1cc(CCl)cc(C(F)F)n1. The lowest BCUT2D eigenvalue weighted by Crippen LogP contribution is -2.15. The summed E-state index contributed by atoms with van der Waals surface area (Å²) in [5, 5.41) is 4.17. The maximum absolute atomic E-state index is 12.3. The van der Waals surface area contributed by atoms with Crippen LogP contribution in [0.1, 0.15) is 17.7 Å². The van der Waals surface area contributed by atoms with Crippen LogP contribution in [0.4, 0.5) is 8.78 Å². The van der Waals surface area contributed by atoms with Crippen molar-refractivity contribution in [3.63, 3.8) is 0 Å². The van der Waals surface area contributed by atoms with Crippen LogP contribution in [0.3, 0.4) is 0 Å². The van der Waals surface area contributed by atoms with Crippen LogP contribution in [-0.2, 0) is 15.9 Å². The molecular formula is C7H7ClF2N2O2S. The molecule has 1 aromatic rings. The molecule has 0 saturated carbocycles. The Morgan fingerprint density at radius 3 is 2.47 bits per heavy atom. The number of alkyl halides is 3. The van der Waals surface area contributed by atoms with Gasteiger partial charge in [0.05, 0.1) is 0 Å². The summed E-state index contributed by atoms with van der Waals surface area (Å²) < 4.78 is 46.4. The Bertz CT molecular complexity index is 464. The second-order valence-corrected chi connectivity index (χ2v) is 4.49. The number of nitrogens with zero attached hydrogens (tertiary/aromatic N) is 1. The molecule has 0 aliphatic rings. The fraction of sp³-hybridized carbons (Fsp3) is 0.286. The van der Waals surface area contributed by atoms with Crippen LogP contribution < -0.4 is 5.14 Å². The van der Waals surface area contributed by atoms with Crippen molar-refractivity contribution in [3.05, 3.63) is 23.4 Å². The Morgan fingerprint density at radius 1 is 1.47 bits per heavy atom. The van der Waals surface area contributed by atoms with Crippen molar-refractivity contribution in [2.45, 2.75) is 17.3 Å². The predicted molar refractivity (Wildman–Crippen MR) is 50.1 cm³/mol. The number of hydrogen-bond acceptors (Lipinski definition) is 3. The minimum Gasteiger partial charge on any atom is -0.234 e. The number of halogens is 3. The average molecular weight is 257 g/mol. The van der Waals surface area contributed by atoms with Gasteiger partial charge in [-0.1, -0.05) is 0 Å². The molecule has 8 heteroatoms. The second-order valence-electron chi connectivity index (χ2n) is 2.72. The molecule has 4 nitrogen and oxygen atoms in total. The molecule has 1 rings (SSSR count). The first kappa shape index (κ1) is 12.3. The maximum atomic E-state index is 12.3. The highest BCUT2D eigenvalue weighted by molar-refractivity contribution is 7.89. The quantitative estimate of drug-likeness (QED) is 0.831. The minimum atomic E-state index is -4.09. The third-order valence-electron chi connectivity index (χ3n) is 1.55. The van der Waals surface area contributed by atoms with Crippen molar-refractivity contribution in [2.24, 2.45) is 5.14 Å². The number of hydrogen-bond donors (Lipinski definition) is 1. The number of sulfonamides is 1. The highest BCUT2D eigenvalue weighted by Gasteiger charge is 2.16. The predicted octanol–water partition coefficient (Wildman–Crippen LogP) is 1.41. The average Bonchev–Trinajstić information content (AvgIpc) is 2.15. The molecule has 0 saturated heterocycles. The molecule has 0 bridgehead atoms. The number of rotatable bonds is 3.